The molecule has 0 aliphatic carbocycles. The molecule has 51 heavy (non-hydrogen) atoms. The van der Waals surface area contributed by atoms with Crippen molar-refractivity contribution in [2.24, 2.45) is 23.7 Å². The highest BCUT2D eigenvalue weighted by atomic mass is 16.7. The maximum absolute atomic E-state index is 13.8. The van der Waals surface area contributed by atoms with E-state index in [0.717, 1.165) is 51.3 Å². The van der Waals surface area contributed by atoms with Crippen LogP contribution in [-0.2, 0) is 23.8 Å². The summed E-state index contributed by atoms with van der Waals surface area (Å²) in [4.78, 5) is 34.4. The topological polar surface area (TPSA) is 112 Å². The number of aliphatic hydroxyl groups is 2. The lowest BCUT2D eigenvalue weighted by Gasteiger charge is -2.44. The maximum atomic E-state index is 13.8. The van der Waals surface area contributed by atoms with Crippen molar-refractivity contribution in [2.75, 3.05) is 53.4 Å². The second-order valence-corrected chi connectivity index (χ2v) is 16.5. The third-order valence-corrected chi connectivity index (χ3v) is 12.1. The number of hydrogen-bond acceptors (Lipinski definition) is 10. The van der Waals surface area contributed by atoms with Crippen molar-refractivity contribution in [2.45, 2.75) is 148 Å². The van der Waals surface area contributed by atoms with Crippen LogP contribution in [-0.4, -0.2) is 133 Å². The van der Waals surface area contributed by atoms with E-state index in [2.05, 4.69) is 15.9 Å². The number of carbonyl (C=O) groups is 2. The van der Waals surface area contributed by atoms with E-state index in [1.54, 1.807) is 6.08 Å². The van der Waals surface area contributed by atoms with Gasteiger partial charge in [-0.3, -0.25) is 9.59 Å². The van der Waals surface area contributed by atoms with Crippen molar-refractivity contribution in [3.63, 3.8) is 0 Å². The first kappa shape index (κ1) is 42.1. The second-order valence-electron chi connectivity index (χ2n) is 16.5. The molecular weight excluding hydrogens is 646 g/mol. The van der Waals surface area contributed by atoms with E-state index < -0.39 is 42.6 Å². The van der Waals surface area contributed by atoms with E-state index in [4.69, 9.17) is 14.2 Å². The van der Waals surface area contributed by atoms with Gasteiger partial charge in [0, 0.05) is 36.8 Å². The lowest BCUT2D eigenvalue weighted by Crippen LogP contribution is -2.55. The van der Waals surface area contributed by atoms with Crippen LogP contribution in [0.2, 0.25) is 0 Å². The quantitative estimate of drug-likeness (QED) is 0.309. The highest BCUT2D eigenvalue weighted by molar-refractivity contribution is 5.91. The number of piperidine rings is 2. The van der Waals surface area contributed by atoms with Gasteiger partial charge in [-0.1, -0.05) is 51.3 Å². The van der Waals surface area contributed by atoms with Crippen LogP contribution in [0.4, 0.5) is 0 Å². The normalized spacial score (nSPS) is 39.3. The Kier molecular flexibility index (Phi) is 17.1. The predicted molar refractivity (Wildman–Crippen MR) is 201 cm³/mol. The number of nitrogens with zero attached hydrogens (tertiary/aromatic N) is 3. The Morgan fingerprint density at radius 3 is 2.20 bits per heavy atom. The standard InChI is InChI=1S/C41H71N3O7/c1-8-37-33(27-44-20-13-10-14-21-44)23-28(2)15-16-35(45)29(3)24-32(17-22-43-18-11-9-12-19-43)41(30(4)36(46)26-38(47)50-37)51-39-25-34(42(6)7)40(48)31(5)49-39/h15-16,23,29-34,36-37,39-41,46,48H,8-14,17-22,24-27H2,1-7H3/b16-15+,28-23+/t29-,30+,31?,32+,33-,34?,36-,37-,39?,40?,41-/m1/s1. The van der Waals surface area contributed by atoms with E-state index in [0.29, 0.717) is 19.3 Å². The molecule has 4 unspecified atom stereocenters. The van der Waals surface area contributed by atoms with Crippen LogP contribution in [0.25, 0.3) is 0 Å². The monoisotopic (exact) mass is 718 g/mol. The molecule has 10 nitrogen and oxygen atoms in total. The summed E-state index contributed by atoms with van der Waals surface area (Å²) in [6.07, 6.45) is 11.9. The molecular formula is C41H71N3O7. The maximum Gasteiger partial charge on any atom is 0.308 e. The van der Waals surface area contributed by atoms with Crippen molar-refractivity contribution in [1.82, 2.24) is 14.7 Å². The molecule has 0 bridgehead atoms. The smallest absolute Gasteiger partial charge is 0.308 e. The first-order valence-electron chi connectivity index (χ1n) is 20.2. The highest BCUT2D eigenvalue weighted by Crippen LogP contribution is 2.35. The number of allylic oxidation sites excluding steroid dienone is 3. The molecule has 4 aliphatic heterocycles. The first-order valence-corrected chi connectivity index (χ1v) is 20.2. The van der Waals surface area contributed by atoms with Gasteiger partial charge in [0.05, 0.1) is 30.8 Å². The first-order chi connectivity index (χ1) is 24.4. The Balaban J connectivity index is 1.66. The molecule has 0 aromatic rings. The van der Waals surface area contributed by atoms with Gasteiger partial charge in [0.15, 0.2) is 12.1 Å². The fourth-order valence-corrected chi connectivity index (χ4v) is 8.74. The zero-order valence-corrected chi connectivity index (χ0v) is 32.9. The zero-order chi connectivity index (χ0) is 37.1. The fraction of sp³-hybridized carbons (Fsp3) is 0.854. The van der Waals surface area contributed by atoms with Crippen LogP contribution >= 0.6 is 0 Å². The molecule has 2 N–H and O–H groups in total. The number of aliphatic hydroxyl groups excluding tert-OH is 2. The minimum atomic E-state index is -1.01. The van der Waals surface area contributed by atoms with Crippen LogP contribution in [0, 0.1) is 23.7 Å². The number of ketones is 1. The Morgan fingerprint density at radius 1 is 0.922 bits per heavy atom. The van der Waals surface area contributed by atoms with E-state index in [1.165, 1.54) is 38.5 Å². The van der Waals surface area contributed by atoms with E-state index in [9.17, 15) is 19.8 Å². The van der Waals surface area contributed by atoms with E-state index in [1.807, 2.05) is 59.7 Å². The summed E-state index contributed by atoms with van der Waals surface area (Å²) in [6, 6.07) is -0.155. The van der Waals surface area contributed by atoms with E-state index in [-0.39, 0.29) is 42.1 Å². The van der Waals surface area contributed by atoms with Gasteiger partial charge in [0.2, 0.25) is 0 Å². The Labute approximate surface area is 308 Å². The van der Waals surface area contributed by atoms with Gasteiger partial charge in [-0.25, -0.2) is 0 Å². The molecule has 0 radical (unpaired) electrons. The van der Waals surface area contributed by atoms with Gasteiger partial charge in [-0.15, -0.1) is 0 Å². The SMILES string of the molecule is CC[C@H]1OC(=O)C[C@@H](O)[C@H](C)[C@@H](OC2CC(N(C)C)C(O)C(C)O2)[C@@H](CCN2CCCCC2)C[C@@H](C)C(=O)/C=C/C(C)=C/[C@@H]1CN1CCCCC1. The van der Waals surface area contributed by atoms with Crippen molar-refractivity contribution in [3.05, 3.63) is 23.8 Å². The Bertz CT molecular complexity index is 1130. The molecule has 0 aromatic heterocycles. The minimum absolute atomic E-state index is 0.0302. The van der Waals surface area contributed by atoms with Crippen LogP contribution < -0.4 is 0 Å². The summed E-state index contributed by atoms with van der Waals surface area (Å²) in [7, 11) is 3.90. The Hall–Kier alpha value is -1.66. The van der Waals surface area contributed by atoms with Crippen LogP contribution in [0.5, 0.6) is 0 Å². The van der Waals surface area contributed by atoms with Crippen LogP contribution in [0.3, 0.4) is 0 Å². The van der Waals surface area contributed by atoms with E-state index >= 15 is 0 Å². The van der Waals surface area contributed by atoms with Gasteiger partial charge in [-0.2, -0.15) is 0 Å². The average molecular weight is 718 g/mol. The number of rotatable bonds is 9. The van der Waals surface area contributed by atoms with Gasteiger partial charge in [0.25, 0.3) is 0 Å². The molecule has 11 atom stereocenters. The van der Waals surface area contributed by atoms with Crippen molar-refractivity contribution in [3.8, 4) is 0 Å². The molecule has 3 saturated heterocycles. The molecule has 3 fully saturated rings. The number of ether oxygens (including phenoxy) is 3. The lowest BCUT2D eigenvalue weighted by atomic mass is 9.79. The second kappa shape index (κ2) is 20.7. The molecule has 0 aromatic carbocycles. The average Bonchev–Trinajstić information content (AvgIpc) is 3.11. The minimum Gasteiger partial charge on any atom is -0.462 e. The third-order valence-electron chi connectivity index (χ3n) is 12.1. The predicted octanol–water partition coefficient (Wildman–Crippen LogP) is 5.21. The molecule has 292 valence electrons. The van der Waals surface area contributed by atoms with Crippen molar-refractivity contribution in [1.29, 1.82) is 0 Å². The van der Waals surface area contributed by atoms with Gasteiger partial charge >= 0.3 is 5.97 Å². The number of carbonyl (C=O) groups excluding carboxylic acids is 2. The zero-order valence-electron chi connectivity index (χ0n) is 32.9. The summed E-state index contributed by atoms with van der Waals surface area (Å²) in [5.41, 5.74) is 0.983. The summed E-state index contributed by atoms with van der Waals surface area (Å²) < 4.78 is 19.4. The van der Waals surface area contributed by atoms with Crippen molar-refractivity contribution < 1.29 is 34.0 Å². The molecule has 0 saturated carbocycles. The summed E-state index contributed by atoms with van der Waals surface area (Å²) in [6.45, 7) is 15.8. The lowest BCUT2D eigenvalue weighted by molar-refractivity contribution is -0.265. The largest absolute Gasteiger partial charge is 0.462 e. The number of cyclic esters (lactones) is 1. The fourth-order valence-electron chi connectivity index (χ4n) is 8.74. The summed E-state index contributed by atoms with van der Waals surface area (Å²) >= 11 is 0. The van der Waals surface area contributed by atoms with Gasteiger partial charge in [-0.05, 0) is 118 Å². The third kappa shape index (κ3) is 12.7. The van der Waals surface area contributed by atoms with Crippen LogP contribution in [0.15, 0.2) is 23.8 Å². The Morgan fingerprint density at radius 2 is 1.57 bits per heavy atom. The number of likely N-dealkylation sites (N-methyl/N-ethyl adjacent to an activating group) is 1. The van der Waals surface area contributed by atoms with Gasteiger partial charge < -0.3 is 39.1 Å². The molecule has 10 heteroatoms. The molecule has 4 heterocycles. The van der Waals surface area contributed by atoms with Crippen LogP contribution in [0.1, 0.15) is 105 Å². The number of esters is 1. The number of likely N-dealkylation sites (tertiary alicyclic amines) is 2. The number of hydrogen-bond donors (Lipinski definition) is 2. The van der Waals surface area contributed by atoms with Crippen molar-refractivity contribution >= 4 is 11.8 Å². The van der Waals surface area contributed by atoms with Gasteiger partial charge in [0.1, 0.15) is 6.10 Å². The highest BCUT2D eigenvalue weighted by Gasteiger charge is 2.42. The summed E-state index contributed by atoms with van der Waals surface area (Å²) in [5, 5.41) is 22.7. The molecule has 4 aliphatic rings. The molecule has 0 spiro atoms. The molecule has 0 amide bonds. The summed E-state index contributed by atoms with van der Waals surface area (Å²) in [5.74, 6) is -1.13. The molecule has 4 rings (SSSR count).